The molecule has 4 rings (SSSR count). The van der Waals surface area contributed by atoms with E-state index in [0.29, 0.717) is 18.4 Å². The van der Waals surface area contributed by atoms with E-state index in [4.69, 9.17) is 0 Å². The fraction of sp³-hybridized carbons (Fsp3) is 0.667. The number of rotatable bonds is 3. The van der Waals surface area contributed by atoms with E-state index in [-0.39, 0.29) is 4.87 Å². The molecule has 1 fully saturated rings. The summed E-state index contributed by atoms with van der Waals surface area (Å²) in [7, 11) is 2.02. The van der Waals surface area contributed by atoms with Gasteiger partial charge in [0.25, 0.3) is 0 Å². The molecule has 0 saturated heterocycles. The first-order chi connectivity index (χ1) is 10.1. The zero-order valence-corrected chi connectivity index (χ0v) is 13.3. The third-order valence-electron chi connectivity index (χ3n) is 4.73. The third-order valence-corrected chi connectivity index (χ3v) is 5.77. The molecule has 0 bridgehead atoms. The molecule has 2 heterocycles. The fourth-order valence-corrected chi connectivity index (χ4v) is 4.42. The highest BCUT2D eigenvalue weighted by Gasteiger charge is 2.30. The second-order valence-electron chi connectivity index (χ2n) is 6.48. The van der Waals surface area contributed by atoms with Gasteiger partial charge in [-0.2, -0.15) is 0 Å². The molecule has 0 N–H and O–H groups in total. The zero-order chi connectivity index (χ0) is 14.6. The Morgan fingerprint density at radius 1 is 1.29 bits per heavy atom. The van der Waals surface area contributed by atoms with Gasteiger partial charge in [-0.05, 0) is 38.0 Å². The summed E-state index contributed by atoms with van der Waals surface area (Å²) < 4.78 is 4.01. The monoisotopic (exact) mass is 304 g/mol. The summed E-state index contributed by atoms with van der Waals surface area (Å²) in [6.45, 7) is 2.83. The smallest absolute Gasteiger partial charge is 0.307 e. The lowest BCUT2D eigenvalue weighted by Gasteiger charge is -2.19. The Labute approximate surface area is 127 Å². The van der Waals surface area contributed by atoms with E-state index >= 15 is 0 Å². The summed E-state index contributed by atoms with van der Waals surface area (Å²) in [5.74, 6) is 3.26. The van der Waals surface area contributed by atoms with Crippen molar-refractivity contribution >= 4 is 11.3 Å². The molecule has 6 heteroatoms. The number of thiazole rings is 1. The van der Waals surface area contributed by atoms with Crippen LogP contribution in [0.3, 0.4) is 0 Å². The standard InChI is InChI=1S/C15H20N4OS/c1-9-3-6-11-12(7-9)21-15(20)19(11)8-13-16-17-14(18(13)2)10-4-5-10/h9-10H,3-8H2,1-2H3/t9-/m0/s1. The van der Waals surface area contributed by atoms with Gasteiger partial charge in [0.1, 0.15) is 5.82 Å². The van der Waals surface area contributed by atoms with Crippen molar-refractivity contribution in [2.45, 2.75) is 51.5 Å². The molecule has 112 valence electrons. The van der Waals surface area contributed by atoms with E-state index in [9.17, 15) is 4.79 Å². The van der Waals surface area contributed by atoms with Crippen molar-refractivity contribution in [3.63, 3.8) is 0 Å². The van der Waals surface area contributed by atoms with Crippen LogP contribution in [0.4, 0.5) is 0 Å². The van der Waals surface area contributed by atoms with E-state index in [1.807, 2.05) is 11.6 Å². The highest BCUT2D eigenvalue weighted by molar-refractivity contribution is 7.09. The second-order valence-corrected chi connectivity index (χ2v) is 7.53. The summed E-state index contributed by atoms with van der Waals surface area (Å²) in [4.78, 5) is 13.7. The number of nitrogens with zero attached hydrogens (tertiary/aromatic N) is 4. The highest BCUT2D eigenvalue weighted by atomic mass is 32.1. The molecule has 0 aromatic carbocycles. The normalized spacial score (nSPS) is 21.5. The van der Waals surface area contributed by atoms with E-state index in [2.05, 4.69) is 21.7 Å². The van der Waals surface area contributed by atoms with Crippen LogP contribution in [0.15, 0.2) is 4.79 Å². The molecule has 2 aliphatic carbocycles. The average molecular weight is 304 g/mol. The Morgan fingerprint density at radius 2 is 2.10 bits per heavy atom. The molecule has 0 spiro atoms. The molecule has 1 saturated carbocycles. The Hall–Kier alpha value is -1.43. The molecular formula is C15H20N4OS. The summed E-state index contributed by atoms with van der Waals surface area (Å²) in [5, 5.41) is 8.63. The summed E-state index contributed by atoms with van der Waals surface area (Å²) in [6.07, 6.45) is 5.68. The lowest BCUT2D eigenvalue weighted by Crippen LogP contribution is -2.21. The van der Waals surface area contributed by atoms with Crippen molar-refractivity contribution in [1.29, 1.82) is 0 Å². The maximum atomic E-state index is 12.3. The predicted molar refractivity (Wildman–Crippen MR) is 81.8 cm³/mol. The van der Waals surface area contributed by atoms with Crippen LogP contribution >= 0.6 is 11.3 Å². The second kappa shape index (κ2) is 4.80. The maximum absolute atomic E-state index is 12.3. The van der Waals surface area contributed by atoms with Crippen molar-refractivity contribution in [2.24, 2.45) is 13.0 Å². The van der Waals surface area contributed by atoms with Gasteiger partial charge in [-0.15, -0.1) is 10.2 Å². The van der Waals surface area contributed by atoms with Crippen LogP contribution < -0.4 is 4.87 Å². The lowest BCUT2D eigenvalue weighted by molar-refractivity contribution is 0.485. The van der Waals surface area contributed by atoms with Gasteiger partial charge in [-0.1, -0.05) is 18.3 Å². The van der Waals surface area contributed by atoms with Crippen LogP contribution in [0, 0.1) is 5.92 Å². The van der Waals surface area contributed by atoms with E-state index in [1.54, 1.807) is 0 Å². The van der Waals surface area contributed by atoms with Crippen molar-refractivity contribution in [3.8, 4) is 0 Å². The highest BCUT2D eigenvalue weighted by Crippen LogP contribution is 2.38. The number of aromatic nitrogens is 4. The Balaban J connectivity index is 1.67. The Morgan fingerprint density at radius 3 is 2.86 bits per heavy atom. The lowest BCUT2D eigenvalue weighted by atomic mass is 9.93. The van der Waals surface area contributed by atoms with Crippen molar-refractivity contribution in [2.75, 3.05) is 0 Å². The minimum Gasteiger partial charge on any atom is -0.316 e. The molecule has 2 aromatic rings. The van der Waals surface area contributed by atoms with E-state index in [1.165, 1.54) is 41.2 Å². The third kappa shape index (κ3) is 2.25. The van der Waals surface area contributed by atoms with Crippen molar-refractivity contribution in [1.82, 2.24) is 19.3 Å². The Kier molecular flexibility index (Phi) is 3.03. The average Bonchev–Trinajstić information content (AvgIpc) is 3.16. The van der Waals surface area contributed by atoms with Crippen molar-refractivity contribution < 1.29 is 0 Å². The van der Waals surface area contributed by atoms with Gasteiger partial charge >= 0.3 is 4.87 Å². The largest absolute Gasteiger partial charge is 0.316 e. The van der Waals surface area contributed by atoms with Gasteiger partial charge in [0, 0.05) is 23.5 Å². The van der Waals surface area contributed by atoms with E-state index < -0.39 is 0 Å². The maximum Gasteiger partial charge on any atom is 0.307 e. The van der Waals surface area contributed by atoms with Crippen LogP contribution in [0.25, 0.3) is 0 Å². The Bertz CT molecular complexity index is 737. The number of hydrogen-bond acceptors (Lipinski definition) is 4. The van der Waals surface area contributed by atoms with Crippen LogP contribution in [-0.2, 0) is 26.4 Å². The number of hydrogen-bond donors (Lipinski definition) is 0. The van der Waals surface area contributed by atoms with Gasteiger partial charge in [-0.25, -0.2) is 0 Å². The van der Waals surface area contributed by atoms with Crippen LogP contribution in [0.2, 0.25) is 0 Å². The van der Waals surface area contributed by atoms with Crippen LogP contribution in [0.1, 0.15) is 54.3 Å². The molecule has 2 aliphatic rings. The molecule has 0 amide bonds. The molecule has 0 aliphatic heterocycles. The molecule has 0 radical (unpaired) electrons. The van der Waals surface area contributed by atoms with Gasteiger partial charge in [0.2, 0.25) is 0 Å². The summed E-state index contributed by atoms with van der Waals surface area (Å²) >= 11 is 1.42. The zero-order valence-electron chi connectivity index (χ0n) is 12.5. The predicted octanol–water partition coefficient (Wildman–Crippen LogP) is 2.09. The number of fused-ring (bicyclic) bond motifs is 1. The summed E-state index contributed by atoms with van der Waals surface area (Å²) in [6, 6.07) is 0. The molecule has 5 nitrogen and oxygen atoms in total. The first-order valence-electron chi connectivity index (χ1n) is 7.73. The molecule has 2 aromatic heterocycles. The van der Waals surface area contributed by atoms with Crippen LogP contribution in [-0.4, -0.2) is 19.3 Å². The van der Waals surface area contributed by atoms with E-state index in [0.717, 1.165) is 24.5 Å². The van der Waals surface area contributed by atoms with Gasteiger partial charge in [0.05, 0.1) is 6.54 Å². The van der Waals surface area contributed by atoms with Gasteiger partial charge in [0.15, 0.2) is 5.82 Å². The van der Waals surface area contributed by atoms with Gasteiger partial charge < -0.3 is 4.57 Å². The SMILES string of the molecule is C[C@H]1CCc2c(sc(=O)n2Cc2nnc(C3CC3)n2C)C1. The molecular weight excluding hydrogens is 284 g/mol. The summed E-state index contributed by atoms with van der Waals surface area (Å²) in [5.41, 5.74) is 1.24. The topological polar surface area (TPSA) is 52.7 Å². The molecule has 1 atom stereocenters. The molecule has 0 unspecified atom stereocenters. The minimum atomic E-state index is 0.157. The molecule has 21 heavy (non-hydrogen) atoms. The van der Waals surface area contributed by atoms with Gasteiger partial charge in [-0.3, -0.25) is 9.36 Å². The van der Waals surface area contributed by atoms with Crippen LogP contribution in [0.5, 0.6) is 0 Å². The van der Waals surface area contributed by atoms with Crippen molar-refractivity contribution in [3.05, 3.63) is 31.9 Å². The fourth-order valence-electron chi connectivity index (χ4n) is 3.23. The quantitative estimate of drug-likeness (QED) is 0.872. The first kappa shape index (κ1) is 13.2. The first-order valence-corrected chi connectivity index (χ1v) is 8.54. The minimum absolute atomic E-state index is 0.157.